The average Bonchev–Trinajstić information content (AvgIpc) is 3.06. The third-order valence-electron chi connectivity index (χ3n) is 4.12. The topological polar surface area (TPSA) is 94.3 Å². The van der Waals surface area contributed by atoms with Crippen LogP contribution in [0.15, 0.2) is 54.6 Å². The first-order valence-electron chi connectivity index (χ1n) is 8.75. The van der Waals surface area contributed by atoms with Crippen molar-refractivity contribution in [3.05, 3.63) is 81.3 Å². The summed E-state index contributed by atoms with van der Waals surface area (Å²) in [4.78, 5) is 29.3. The van der Waals surface area contributed by atoms with Crippen molar-refractivity contribution in [2.24, 2.45) is 5.73 Å². The standard InChI is InChI=1S/C21H21N3O3S/c1-13-8-10-16(11-9-13)27-12-17-23-14(2)19(28-17)21(26)24-18(20(22)25)15-6-4-3-5-7-15/h3-11,18H,12H2,1-2H3,(H2,22,25)(H,24,26)/t18-/m1/s1. The minimum absolute atomic E-state index is 0.264. The average molecular weight is 395 g/mol. The van der Waals surface area contributed by atoms with Crippen molar-refractivity contribution < 1.29 is 14.3 Å². The number of carbonyl (C=O) groups is 2. The van der Waals surface area contributed by atoms with Gasteiger partial charge < -0.3 is 15.8 Å². The summed E-state index contributed by atoms with van der Waals surface area (Å²) in [5, 5.41) is 3.38. The van der Waals surface area contributed by atoms with Crippen LogP contribution in [0.4, 0.5) is 0 Å². The van der Waals surface area contributed by atoms with Crippen molar-refractivity contribution in [2.45, 2.75) is 26.5 Å². The first kappa shape index (κ1) is 19.6. The van der Waals surface area contributed by atoms with Crippen LogP contribution in [0.2, 0.25) is 0 Å². The van der Waals surface area contributed by atoms with Crippen LogP contribution >= 0.6 is 11.3 Å². The highest BCUT2D eigenvalue weighted by Crippen LogP contribution is 2.22. The number of thiazole rings is 1. The Morgan fingerprint density at radius 3 is 2.43 bits per heavy atom. The van der Waals surface area contributed by atoms with Crippen LogP contribution in [-0.4, -0.2) is 16.8 Å². The number of ether oxygens (including phenoxy) is 1. The summed E-state index contributed by atoms with van der Waals surface area (Å²) in [6.07, 6.45) is 0. The Bertz CT molecular complexity index is 968. The van der Waals surface area contributed by atoms with Gasteiger partial charge in [-0.05, 0) is 31.5 Å². The lowest BCUT2D eigenvalue weighted by molar-refractivity contribution is -0.120. The molecule has 0 unspecified atom stereocenters. The molecule has 3 aromatic rings. The van der Waals surface area contributed by atoms with Gasteiger partial charge in [0.15, 0.2) is 0 Å². The summed E-state index contributed by atoms with van der Waals surface area (Å²) in [6, 6.07) is 15.7. The third kappa shape index (κ3) is 4.75. The molecule has 1 heterocycles. The number of primary amides is 1. The van der Waals surface area contributed by atoms with Gasteiger partial charge in [-0.1, -0.05) is 48.0 Å². The summed E-state index contributed by atoms with van der Waals surface area (Å²) < 4.78 is 5.73. The van der Waals surface area contributed by atoms with Gasteiger partial charge in [0, 0.05) is 0 Å². The zero-order valence-electron chi connectivity index (χ0n) is 15.6. The molecular formula is C21H21N3O3S. The van der Waals surface area contributed by atoms with Crippen LogP contribution in [0.1, 0.15) is 37.5 Å². The lowest BCUT2D eigenvalue weighted by atomic mass is 10.1. The second-order valence-electron chi connectivity index (χ2n) is 6.34. The highest BCUT2D eigenvalue weighted by molar-refractivity contribution is 7.13. The number of rotatable bonds is 7. The van der Waals surface area contributed by atoms with E-state index in [0.29, 0.717) is 21.1 Å². The second-order valence-corrected chi connectivity index (χ2v) is 7.43. The fourth-order valence-electron chi connectivity index (χ4n) is 2.67. The molecule has 0 aliphatic rings. The molecule has 0 aliphatic carbocycles. The number of nitrogens with one attached hydrogen (secondary N) is 1. The number of hydrogen-bond acceptors (Lipinski definition) is 5. The largest absolute Gasteiger partial charge is 0.486 e. The van der Waals surface area contributed by atoms with Crippen LogP contribution < -0.4 is 15.8 Å². The first-order chi connectivity index (χ1) is 13.4. The van der Waals surface area contributed by atoms with Crippen LogP contribution in [-0.2, 0) is 11.4 Å². The van der Waals surface area contributed by atoms with Gasteiger partial charge in [-0.15, -0.1) is 11.3 Å². The summed E-state index contributed by atoms with van der Waals surface area (Å²) in [5.74, 6) is -0.267. The Balaban J connectivity index is 1.70. The van der Waals surface area contributed by atoms with Crippen molar-refractivity contribution in [1.82, 2.24) is 10.3 Å². The van der Waals surface area contributed by atoms with Crippen LogP contribution in [0.5, 0.6) is 5.75 Å². The van der Waals surface area contributed by atoms with Gasteiger partial charge in [-0.25, -0.2) is 4.98 Å². The zero-order valence-corrected chi connectivity index (χ0v) is 16.5. The van der Waals surface area contributed by atoms with Crippen molar-refractivity contribution in [3.8, 4) is 5.75 Å². The maximum absolute atomic E-state index is 12.7. The minimum atomic E-state index is -0.901. The van der Waals surface area contributed by atoms with Gasteiger partial charge in [0.25, 0.3) is 5.91 Å². The van der Waals surface area contributed by atoms with Crippen molar-refractivity contribution in [1.29, 1.82) is 0 Å². The fraction of sp³-hybridized carbons (Fsp3) is 0.190. The molecular weight excluding hydrogens is 374 g/mol. The number of hydrogen-bond donors (Lipinski definition) is 2. The van der Waals surface area contributed by atoms with Crippen LogP contribution in [0.3, 0.4) is 0 Å². The number of nitrogens with zero attached hydrogens (tertiary/aromatic N) is 1. The maximum Gasteiger partial charge on any atom is 0.264 e. The molecule has 0 saturated heterocycles. The Morgan fingerprint density at radius 1 is 1.11 bits per heavy atom. The summed E-state index contributed by atoms with van der Waals surface area (Å²) in [6.45, 7) is 4.02. The van der Waals surface area contributed by atoms with Gasteiger partial charge in [-0.2, -0.15) is 0 Å². The van der Waals surface area contributed by atoms with E-state index in [1.807, 2.05) is 37.3 Å². The molecule has 0 aliphatic heterocycles. The van der Waals surface area contributed by atoms with Crippen molar-refractivity contribution in [2.75, 3.05) is 0 Å². The molecule has 7 heteroatoms. The van der Waals surface area contributed by atoms with E-state index in [9.17, 15) is 9.59 Å². The molecule has 144 valence electrons. The summed E-state index contributed by atoms with van der Waals surface area (Å²) in [5.41, 5.74) is 7.84. The number of amides is 2. The maximum atomic E-state index is 12.7. The van der Waals surface area contributed by atoms with E-state index in [4.69, 9.17) is 10.5 Å². The van der Waals surface area contributed by atoms with Gasteiger partial charge in [0.1, 0.15) is 28.3 Å². The Kier molecular flexibility index (Phi) is 6.06. The molecule has 1 atom stereocenters. The molecule has 0 saturated carbocycles. The minimum Gasteiger partial charge on any atom is -0.486 e. The lowest BCUT2D eigenvalue weighted by Crippen LogP contribution is -2.37. The molecule has 6 nitrogen and oxygen atoms in total. The molecule has 3 N–H and O–H groups in total. The van der Waals surface area contributed by atoms with Crippen LogP contribution in [0, 0.1) is 13.8 Å². The molecule has 28 heavy (non-hydrogen) atoms. The molecule has 3 rings (SSSR count). The van der Waals surface area contributed by atoms with Gasteiger partial charge in [0.05, 0.1) is 5.69 Å². The van der Waals surface area contributed by atoms with E-state index in [-0.39, 0.29) is 12.5 Å². The van der Waals surface area contributed by atoms with E-state index in [0.717, 1.165) is 11.3 Å². The normalized spacial score (nSPS) is 11.6. The van der Waals surface area contributed by atoms with E-state index < -0.39 is 11.9 Å². The van der Waals surface area contributed by atoms with Crippen LogP contribution in [0.25, 0.3) is 0 Å². The van der Waals surface area contributed by atoms with E-state index >= 15 is 0 Å². The van der Waals surface area contributed by atoms with Crippen molar-refractivity contribution in [3.63, 3.8) is 0 Å². The monoisotopic (exact) mass is 395 g/mol. The second kappa shape index (κ2) is 8.67. The van der Waals surface area contributed by atoms with E-state index in [1.165, 1.54) is 11.3 Å². The molecule has 2 aromatic carbocycles. The SMILES string of the molecule is Cc1ccc(OCc2nc(C)c(C(=O)N[C@@H](C(N)=O)c3ccccc3)s2)cc1. The summed E-state index contributed by atoms with van der Waals surface area (Å²) >= 11 is 1.24. The summed E-state index contributed by atoms with van der Waals surface area (Å²) in [7, 11) is 0. The van der Waals surface area contributed by atoms with Gasteiger partial charge >= 0.3 is 0 Å². The number of benzene rings is 2. The first-order valence-corrected chi connectivity index (χ1v) is 9.56. The molecule has 2 amide bonds. The Hall–Kier alpha value is -3.19. The molecule has 0 radical (unpaired) electrons. The predicted octanol–water partition coefficient (Wildman–Crippen LogP) is 3.30. The lowest BCUT2D eigenvalue weighted by Gasteiger charge is -2.15. The predicted molar refractivity (Wildman–Crippen MR) is 108 cm³/mol. The number of nitrogens with two attached hydrogens (primary N) is 1. The molecule has 1 aromatic heterocycles. The molecule has 0 bridgehead atoms. The van der Waals surface area contributed by atoms with E-state index in [1.54, 1.807) is 31.2 Å². The number of aromatic nitrogens is 1. The fourth-order valence-corrected chi connectivity index (χ4v) is 3.55. The van der Waals surface area contributed by atoms with E-state index in [2.05, 4.69) is 10.3 Å². The quantitative estimate of drug-likeness (QED) is 0.642. The Labute approximate surface area is 167 Å². The Morgan fingerprint density at radius 2 is 1.79 bits per heavy atom. The smallest absolute Gasteiger partial charge is 0.264 e. The molecule has 0 spiro atoms. The highest BCUT2D eigenvalue weighted by atomic mass is 32.1. The zero-order chi connectivity index (χ0) is 20.1. The molecule has 0 fully saturated rings. The highest BCUT2D eigenvalue weighted by Gasteiger charge is 2.23. The van der Waals surface area contributed by atoms with Gasteiger partial charge in [0.2, 0.25) is 5.91 Å². The van der Waals surface area contributed by atoms with Gasteiger partial charge in [-0.3, -0.25) is 9.59 Å². The number of carbonyl (C=O) groups excluding carboxylic acids is 2. The number of aryl methyl sites for hydroxylation is 2. The third-order valence-corrected chi connectivity index (χ3v) is 5.25. The van der Waals surface area contributed by atoms with Crippen molar-refractivity contribution >= 4 is 23.2 Å².